The number of nitrogens with one attached hydrogen (secondary N) is 1. The van der Waals surface area contributed by atoms with Gasteiger partial charge in [-0.1, -0.05) is 20.8 Å². The molecule has 5 heteroatoms. The van der Waals surface area contributed by atoms with Crippen LogP contribution < -0.4 is 5.32 Å². The van der Waals surface area contributed by atoms with Crippen LogP contribution in [0.25, 0.3) is 11.5 Å². The van der Waals surface area contributed by atoms with Crippen LogP contribution in [-0.4, -0.2) is 26.3 Å². The molecular formula is C14H21N5. The van der Waals surface area contributed by atoms with Crippen molar-refractivity contribution < 1.29 is 0 Å². The van der Waals surface area contributed by atoms with Gasteiger partial charge in [-0.25, -0.2) is 9.97 Å². The molecule has 0 saturated heterocycles. The molecule has 2 rings (SSSR count). The van der Waals surface area contributed by atoms with Gasteiger partial charge >= 0.3 is 0 Å². The number of nitrogens with zero attached hydrogens (tertiary/aromatic N) is 4. The summed E-state index contributed by atoms with van der Waals surface area (Å²) in [6.07, 6.45) is 1.90. The van der Waals surface area contributed by atoms with E-state index in [1.807, 2.05) is 25.4 Å². The van der Waals surface area contributed by atoms with Crippen molar-refractivity contribution in [1.29, 1.82) is 0 Å². The molecule has 19 heavy (non-hydrogen) atoms. The minimum absolute atomic E-state index is 0.0172. The van der Waals surface area contributed by atoms with Crippen LogP contribution in [0.5, 0.6) is 0 Å². The topological polar surface area (TPSA) is 55.6 Å². The molecule has 0 atom stereocenters. The highest BCUT2D eigenvalue weighted by Gasteiger charge is 2.19. The van der Waals surface area contributed by atoms with E-state index in [9.17, 15) is 0 Å². The fraction of sp³-hybridized carbons (Fsp3) is 0.500. The first kappa shape index (κ1) is 13.5. The average Bonchev–Trinajstić information content (AvgIpc) is 2.75. The Hall–Kier alpha value is -1.91. The van der Waals surface area contributed by atoms with Gasteiger partial charge in [-0.2, -0.15) is 5.10 Å². The molecule has 0 saturated carbocycles. The quantitative estimate of drug-likeness (QED) is 0.920. The smallest absolute Gasteiger partial charge is 0.182 e. The molecule has 0 aliphatic heterocycles. The molecular weight excluding hydrogens is 238 g/mol. The summed E-state index contributed by atoms with van der Waals surface area (Å²) in [4.78, 5) is 9.17. The minimum Gasteiger partial charge on any atom is -0.370 e. The van der Waals surface area contributed by atoms with Crippen molar-refractivity contribution in [3.8, 4) is 11.5 Å². The molecule has 2 aromatic heterocycles. The molecule has 0 spiro atoms. The van der Waals surface area contributed by atoms with Crippen LogP contribution in [-0.2, 0) is 12.5 Å². The van der Waals surface area contributed by atoms with Gasteiger partial charge in [-0.15, -0.1) is 0 Å². The summed E-state index contributed by atoms with van der Waals surface area (Å²) in [7, 11) is 1.89. The lowest BCUT2D eigenvalue weighted by molar-refractivity contribution is 0.568. The molecule has 0 amide bonds. The van der Waals surface area contributed by atoms with Crippen LogP contribution in [0.1, 0.15) is 33.4 Å². The molecule has 102 valence electrons. The van der Waals surface area contributed by atoms with Gasteiger partial charge in [0.15, 0.2) is 5.82 Å². The third-order valence-electron chi connectivity index (χ3n) is 2.80. The zero-order chi connectivity index (χ0) is 14.0. The van der Waals surface area contributed by atoms with Gasteiger partial charge in [0.25, 0.3) is 0 Å². The van der Waals surface area contributed by atoms with E-state index >= 15 is 0 Å². The van der Waals surface area contributed by atoms with Gasteiger partial charge in [-0.05, 0) is 13.0 Å². The van der Waals surface area contributed by atoms with Gasteiger partial charge in [0.2, 0.25) is 0 Å². The Morgan fingerprint density at radius 3 is 2.53 bits per heavy atom. The van der Waals surface area contributed by atoms with Crippen LogP contribution in [0.15, 0.2) is 18.3 Å². The molecule has 0 aromatic carbocycles. The van der Waals surface area contributed by atoms with Gasteiger partial charge in [-0.3, -0.25) is 4.68 Å². The average molecular weight is 259 g/mol. The third kappa shape index (κ3) is 3.10. The molecule has 0 bridgehead atoms. The van der Waals surface area contributed by atoms with Crippen molar-refractivity contribution in [3.05, 3.63) is 24.0 Å². The first-order chi connectivity index (χ1) is 8.90. The molecule has 1 N–H and O–H groups in total. The largest absolute Gasteiger partial charge is 0.370 e. The van der Waals surface area contributed by atoms with E-state index in [0.29, 0.717) is 5.82 Å². The molecule has 0 fully saturated rings. The van der Waals surface area contributed by atoms with E-state index in [-0.39, 0.29) is 5.41 Å². The fourth-order valence-electron chi connectivity index (χ4n) is 1.75. The summed E-state index contributed by atoms with van der Waals surface area (Å²) >= 11 is 0. The predicted molar refractivity (Wildman–Crippen MR) is 77.1 cm³/mol. The Balaban J connectivity index is 2.51. The first-order valence-electron chi connectivity index (χ1n) is 6.53. The normalized spacial score (nSPS) is 11.6. The second-order valence-corrected chi connectivity index (χ2v) is 5.62. The maximum atomic E-state index is 4.64. The number of aromatic nitrogens is 4. The lowest BCUT2D eigenvalue weighted by Crippen LogP contribution is -2.16. The summed E-state index contributed by atoms with van der Waals surface area (Å²) in [5.74, 6) is 1.52. The van der Waals surface area contributed by atoms with Gasteiger partial charge in [0.05, 0.1) is 5.69 Å². The van der Waals surface area contributed by atoms with Crippen molar-refractivity contribution in [1.82, 2.24) is 19.7 Å². The second kappa shape index (κ2) is 4.99. The molecule has 0 aliphatic rings. The standard InChI is InChI=1S/C14H21N5/c1-6-15-12-9-11(14(2,3)4)16-13(17-12)10-7-8-19(5)18-10/h7-9H,6H2,1-5H3,(H,15,16,17). The Labute approximate surface area is 114 Å². The van der Waals surface area contributed by atoms with E-state index < -0.39 is 0 Å². The fourth-order valence-corrected chi connectivity index (χ4v) is 1.75. The van der Waals surface area contributed by atoms with Gasteiger partial charge < -0.3 is 5.32 Å². The van der Waals surface area contributed by atoms with E-state index in [1.54, 1.807) is 4.68 Å². The van der Waals surface area contributed by atoms with Crippen LogP contribution in [0.2, 0.25) is 0 Å². The maximum Gasteiger partial charge on any atom is 0.182 e. The summed E-state index contributed by atoms with van der Waals surface area (Å²) < 4.78 is 1.76. The van der Waals surface area contributed by atoms with Crippen LogP contribution in [0.4, 0.5) is 5.82 Å². The van der Waals surface area contributed by atoms with Crippen LogP contribution >= 0.6 is 0 Å². The van der Waals surface area contributed by atoms with E-state index in [2.05, 4.69) is 48.1 Å². The molecule has 0 unspecified atom stereocenters. The van der Waals surface area contributed by atoms with Crippen LogP contribution in [0.3, 0.4) is 0 Å². The van der Waals surface area contributed by atoms with E-state index in [0.717, 1.165) is 23.8 Å². The van der Waals surface area contributed by atoms with Gasteiger partial charge in [0.1, 0.15) is 11.5 Å². The second-order valence-electron chi connectivity index (χ2n) is 5.62. The van der Waals surface area contributed by atoms with Crippen LogP contribution in [0, 0.1) is 0 Å². The summed E-state index contributed by atoms with van der Waals surface area (Å²) in [5.41, 5.74) is 1.79. The Morgan fingerprint density at radius 2 is 2.00 bits per heavy atom. The lowest BCUT2D eigenvalue weighted by Gasteiger charge is -2.19. The minimum atomic E-state index is -0.0172. The van der Waals surface area contributed by atoms with Crippen molar-refractivity contribution >= 4 is 5.82 Å². The maximum absolute atomic E-state index is 4.64. The van der Waals surface area contributed by atoms with Gasteiger partial charge in [0, 0.05) is 31.3 Å². The third-order valence-corrected chi connectivity index (χ3v) is 2.80. The Bertz CT molecular complexity index is 565. The van der Waals surface area contributed by atoms with Crippen molar-refractivity contribution in [2.45, 2.75) is 33.1 Å². The zero-order valence-electron chi connectivity index (χ0n) is 12.2. The molecule has 2 aromatic rings. The first-order valence-corrected chi connectivity index (χ1v) is 6.53. The monoisotopic (exact) mass is 259 g/mol. The number of anilines is 1. The number of hydrogen-bond donors (Lipinski definition) is 1. The van der Waals surface area contributed by atoms with Crippen molar-refractivity contribution in [2.24, 2.45) is 7.05 Å². The summed E-state index contributed by atoms with van der Waals surface area (Å²) in [6, 6.07) is 3.94. The molecule has 2 heterocycles. The predicted octanol–water partition coefficient (Wildman–Crippen LogP) is 2.61. The summed E-state index contributed by atoms with van der Waals surface area (Å²) in [5, 5.41) is 7.62. The zero-order valence-corrected chi connectivity index (χ0v) is 12.2. The highest BCUT2D eigenvalue weighted by molar-refractivity contribution is 5.53. The Kier molecular flexibility index (Phi) is 3.55. The molecule has 0 aliphatic carbocycles. The lowest BCUT2D eigenvalue weighted by atomic mass is 9.92. The van der Waals surface area contributed by atoms with Crippen molar-refractivity contribution in [2.75, 3.05) is 11.9 Å². The van der Waals surface area contributed by atoms with E-state index in [1.165, 1.54) is 0 Å². The summed E-state index contributed by atoms with van der Waals surface area (Å²) in [6.45, 7) is 9.33. The number of rotatable bonds is 3. The number of hydrogen-bond acceptors (Lipinski definition) is 4. The highest BCUT2D eigenvalue weighted by Crippen LogP contribution is 2.25. The Morgan fingerprint density at radius 1 is 1.26 bits per heavy atom. The molecule has 0 radical (unpaired) electrons. The van der Waals surface area contributed by atoms with Crippen molar-refractivity contribution in [3.63, 3.8) is 0 Å². The van der Waals surface area contributed by atoms with E-state index in [4.69, 9.17) is 0 Å². The molecule has 5 nitrogen and oxygen atoms in total. The number of aryl methyl sites for hydroxylation is 1. The SMILES string of the molecule is CCNc1cc(C(C)(C)C)nc(-c2ccn(C)n2)n1. The highest BCUT2D eigenvalue weighted by atomic mass is 15.3.